The van der Waals surface area contributed by atoms with Crippen molar-refractivity contribution in [1.82, 2.24) is 5.32 Å². The largest absolute Gasteiger partial charge is 0.380 e. The lowest BCUT2D eigenvalue weighted by Gasteiger charge is -2.31. The zero-order chi connectivity index (χ0) is 12.1. The first-order chi connectivity index (χ1) is 8.24. The van der Waals surface area contributed by atoms with Crippen molar-refractivity contribution in [3.05, 3.63) is 0 Å². The smallest absolute Gasteiger partial charge is 0.156 e. The maximum atomic E-state index is 5.40. The van der Waals surface area contributed by atoms with Crippen molar-refractivity contribution in [2.24, 2.45) is 10.4 Å². The first-order valence-corrected chi connectivity index (χ1v) is 7.74. The van der Waals surface area contributed by atoms with Gasteiger partial charge in [0, 0.05) is 24.9 Å². The average molecular weight is 256 g/mol. The van der Waals surface area contributed by atoms with E-state index in [0.29, 0.717) is 11.5 Å². The van der Waals surface area contributed by atoms with E-state index >= 15 is 0 Å². The molecule has 0 amide bonds. The molecule has 0 aromatic carbocycles. The normalized spacial score (nSPS) is 24.7. The lowest BCUT2D eigenvalue weighted by Crippen LogP contribution is -2.39. The molecule has 1 saturated carbocycles. The van der Waals surface area contributed by atoms with Gasteiger partial charge >= 0.3 is 0 Å². The van der Waals surface area contributed by atoms with E-state index in [-0.39, 0.29) is 0 Å². The number of hydrogen-bond acceptors (Lipinski definition) is 4. The van der Waals surface area contributed by atoms with Crippen LogP contribution in [0.5, 0.6) is 0 Å². The van der Waals surface area contributed by atoms with Gasteiger partial charge in [0.05, 0.1) is 6.61 Å². The van der Waals surface area contributed by atoms with Crippen LogP contribution in [0.15, 0.2) is 4.99 Å². The molecule has 1 atom stereocenters. The van der Waals surface area contributed by atoms with E-state index in [2.05, 4.69) is 12.2 Å². The van der Waals surface area contributed by atoms with Gasteiger partial charge in [-0.25, -0.2) is 0 Å². The van der Waals surface area contributed by atoms with Crippen molar-refractivity contribution in [2.75, 3.05) is 25.5 Å². The maximum Gasteiger partial charge on any atom is 0.156 e. The average Bonchev–Trinajstić information content (AvgIpc) is 2.79. The van der Waals surface area contributed by atoms with Gasteiger partial charge in [0.1, 0.15) is 0 Å². The fourth-order valence-electron chi connectivity index (χ4n) is 2.61. The van der Waals surface area contributed by atoms with Crippen LogP contribution in [0.3, 0.4) is 0 Å². The zero-order valence-corrected chi connectivity index (χ0v) is 11.8. The van der Waals surface area contributed by atoms with Gasteiger partial charge in [-0.15, -0.1) is 0 Å². The third kappa shape index (κ3) is 3.62. The van der Waals surface area contributed by atoms with Crippen molar-refractivity contribution in [1.29, 1.82) is 0 Å². The molecule has 1 aliphatic heterocycles. The van der Waals surface area contributed by atoms with E-state index in [4.69, 9.17) is 9.73 Å². The Morgan fingerprint density at radius 2 is 2.24 bits per heavy atom. The van der Waals surface area contributed by atoms with Crippen LogP contribution in [0, 0.1) is 5.41 Å². The van der Waals surface area contributed by atoms with Crippen LogP contribution >= 0.6 is 11.8 Å². The Morgan fingerprint density at radius 3 is 2.82 bits per heavy atom. The number of nitrogens with zero attached hydrogens (tertiary/aromatic N) is 1. The van der Waals surface area contributed by atoms with E-state index < -0.39 is 0 Å². The van der Waals surface area contributed by atoms with Gasteiger partial charge in [-0.05, 0) is 32.1 Å². The molecule has 0 radical (unpaired) electrons. The highest BCUT2D eigenvalue weighted by atomic mass is 32.2. The van der Waals surface area contributed by atoms with Gasteiger partial charge in [0.15, 0.2) is 5.17 Å². The summed E-state index contributed by atoms with van der Waals surface area (Å²) in [7, 11) is 0. The molecule has 1 aliphatic carbocycles. The Labute approximate surface area is 109 Å². The Hall–Kier alpha value is -0.220. The minimum absolute atomic E-state index is 0.360. The zero-order valence-electron chi connectivity index (χ0n) is 11.0. The lowest BCUT2D eigenvalue weighted by molar-refractivity contribution is 0.132. The van der Waals surface area contributed by atoms with Gasteiger partial charge in [0.25, 0.3) is 0 Å². The van der Waals surface area contributed by atoms with Gasteiger partial charge in [0.2, 0.25) is 0 Å². The fraction of sp³-hybridized carbons (Fsp3) is 0.923. The summed E-state index contributed by atoms with van der Waals surface area (Å²) in [6.45, 7) is 6.77. The predicted octanol–water partition coefficient (Wildman–Crippen LogP) is 2.66. The number of hydrogen-bond donors (Lipinski definition) is 1. The molecule has 1 unspecified atom stereocenters. The topological polar surface area (TPSA) is 33.6 Å². The summed E-state index contributed by atoms with van der Waals surface area (Å²) in [5.41, 5.74) is 0.541. The van der Waals surface area contributed by atoms with Crippen molar-refractivity contribution in [2.45, 2.75) is 45.6 Å². The number of rotatable bonds is 4. The highest BCUT2D eigenvalue weighted by Gasteiger charge is 2.36. The highest BCUT2D eigenvalue weighted by Crippen LogP contribution is 2.43. The third-order valence-electron chi connectivity index (χ3n) is 3.68. The molecule has 4 heteroatoms. The van der Waals surface area contributed by atoms with Crippen LogP contribution in [-0.2, 0) is 4.74 Å². The van der Waals surface area contributed by atoms with Crippen molar-refractivity contribution >= 4 is 16.9 Å². The Morgan fingerprint density at radius 1 is 1.47 bits per heavy atom. The maximum absolute atomic E-state index is 5.40. The Bertz CT molecular complexity index is 275. The van der Waals surface area contributed by atoms with Crippen molar-refractivity contribution in [3.63, 3.8) is 0 Å². The van der Waals surface area contributed by atoms with E-state index in [1.54, 1.807) is 0 Å². The SMILES string of the molecule is CCOCC(C)NC1=NCC2(CCCC2)CS1. The quantitative estimate of drug-likeness (QED) is 0.839. The van der Waals surface area contributed by atoms with Crippen molar-refractivity contribution in [3.8, 4) is 0 Å². The second-order valence-electron chi connectivity index (χ2n) is 5.32. The second kappa shape index (κ2) is 6.10. The molecule has 0 aromatic heterocycles. The number of thioether (sulfide) groups is 1. The highest BCUT2D eigenvalue weighted by molar-refractivity contribution is 8.13. The van der Waals surface area contributed by atoms with E-state index in [9.17, 15) is 0 Å². The van der Waals surface area contributed by atoms with Crippen LogP contribution in [0.1, 0.15) is 39.5 Å². The minimum Gasteiger partial charge on any atom is -0.380 e. The van der Waals surface area contributed by atoms with E-state index in [1.807, 2.05) is 18.7 Å². The summed E-state index contributed by atoms with van der Waals surface area (Å²) in [6, 6.07) is 0.360. The van der Waals surface area contributed by atoms with Crippen LogP contribution < -0.4 is 5.32 Å². The van der Waals surface area contributed by atoms with Gasteiger partial charge < -0.3 is 10.1 Å². The van der Waals surface area contributed by atoms with Crippen LogP contribution in [0.25, 0.3) is 0 Å². The summed E-state index contributed by atoms with van der Waals surface area (Å²) >= 11 is 1.90. The summed E-state index contributed by atoms with van der Waals surface area (Å²) in [5, 5.41) is 4.57. The molecule has 0 aromatic rings. The molecule has 1 fully saturated rings. The predicted molar refractivity (Wildman–Crippen MR) is 74.8 cm³/mol. The van der Waals surface area contributed by atoms with Gasteiger partial charge in [-0.1, -0.05) is 24.6 Å². The standard InChI is InChI=1S/C13H24N2OS/c1-3-16-8-11(2)15-12-14-9-13(10-17-12)6-4-5-7-13/h11H,3-10H2,1-2H3,(H,14,15). The van der Waals surface area contributed by atoms with E-state index in [1.165, 1.54) is 31.4 Å². The Kier molecular flexibility index (Phi) is 4.74. The van der Waals surface area contributed by atoms with Crippen LogP contribution in [0.4, 0.5) is 0 Å². The molecule has 0 saturated heterocycles. The van der Waals surface area contributed by atoms with Crippen LogP contribution in [-0.4, -0.2) is 36.7 Å². The summed E-state index contributed by atoms with van der Waals surface area (Å²) < 4.78 is 5.40. The number of nitrogens with one attached hydrogen (secondary N) is 1. The molecular formula is C13H24N2OS. The first-order valence-electron chi connectivity index (χ1n) is 6.76. The molecule has 17 heavy (non-hydrogen) atoms. The molecule has 1 N–H and O–H groups in total. The Balaban J connectivity index is 1.78. The monoisotopic (exact) mass is 256 g/mol. The van der Waals surface area contributed by atoms with E-state index in [0.717, 1.165) is 24.9 Å². The molecule has 0 bridgehead atoms. The summed E-state index contributed by atoms with van der Waals surface area (Å²) in [6.07, 6.45) is 5.57. The second-order valence-corrected chi connectivity index (χ2v) is 6.29. The fourth-order valence-corrected chi connectivity index (χ4v) is 3.88. The number of ether oxygens (including phenoxy) is 1. The molecule has 98 valence electrons. The number of amidine groups is 1. The number of aliphatic imine (C=N–C) groups is 1. The van der Waals surface area contributed by atoms with Gasteiger partial charge in [-0.2, -0.15) is 0 Å². The van der Waals surface area contributed by atoms with Crippen molar-refractivity contribution < 1.29 is 4.74 Å². The molecule has 1 heterocycles. The minimum atomic E-state index is 0.360. The third-order valence-corrected chi connectivity index (χ3v) is 4.96. The lowest BCUT2D eigenvalue weighted by atomic mass is 9.89. The molecule has 1 spiro atoms. The first kappa shape index (κ1) is 13.2. The summed E-state index contributed by atoms with van der Waals surface area (Å²) in [5.74, 6) is 1.25. The molecule has 3 nitrogen and oxygen atoms in total. The van der Waals surface area contributed by atoms with Gasteiger partial charge in [-0.3, -0.25) is 4.99 Å². The molecular weight excluding hydrogens is 232 g/mol. The molecule has 2 aliphatic rings. The van der Waals surface area contributed by atoms with Crippen LogP contribution in [0.2, 0.25) is 0 Å². The summed E-state index contributed by atoms with van der Waals surface area (Å²) in [4.78, 5) is 4.73. The molecule has 2 rings (SSSR count).